The first-order chi connectivity index (χ1) is 6.20. The van der Waals surface area contributed by atoms with E-state index in [0.29, 0.717) is 12.6 Å². The molecule has 3 nitrogen and oxygen atoms in total. The van der Waals surface area contributed by atoms with Crippen LogP contribution in [0.4, 0.5) is 0 Å². The Balaban J connectivity index is 2.92. The van der Waals surface area contributed by atoms with Crippen molar-refractivity contribution in [1.29, 1.82) is 0 Å². The maximum Gasteiger partial charge on any atom is 0.0892 e. The number of ether oxygens (including phenoxy) is 1. The van der Waals surface area contributed by atoms with Gasteiger partial charge in [0.2, 0.25) is 0 Å². The molecule has 1 unspecified atom stereocenters. The summed E-state index contributed by atoms with van der Waals surface area (Å²) in [6.45, 7) is 4.90. The van der Waals surface area contributed by atoms with Gasteiger partial charge >= 0.3 is 0 Å². The van der Waals surface area contributed by atoms with Crippen LogP contribution in [0.3, 0.4) is 0 Å². The molecule has 1 atom stereocenters. The van der Waals surface area contributed by atoms with Crippen LogP contribution in [0.1, 0.15) is 32.0 Å². The van der Waals surface area contributed by atoms with E-state index in [2.05, 4.69) is 34.9 Å². The Labute approximate surface area is 87.2 Å². The molecule has 0 spiro atoms. The molecule has 0 saturated heterocycles. The molecule has 0 saturated carbocycles. The number of aromatic nitrogens is 2. The van der Waals surface area contributed by atoms with E-state index < -0.39 is 0 Å². The summed E-state index contributed by atoms with van der Waals surface area (Å²) in [5.74, 6) is 0. The van der Waals surface area contributed by atoms with Gasteiger partial charge in [-0.05, 0) is 29.3 Å². The lowest BCUT2D eigenvalue weighted by atomic mass is 10.2. The number of hydrogen-bond acceptors (Lipinski definition) is 2. The van der Waals surface area contributed by atoms with Crippen LogP contribution in [0.15, 0.2) is 10.7 Å². The van der Waals surface area contributed by atoms with Crippen LogP contribution in [-0.2, 0) is 11.3 Å². The molecule has 0 aliphatic heterocycles. The van der Waals surface area contributed by atoms with Crippen molar-refractivity contribution < 1.29 is 4.74 Å². The molecule has 0 aromatic carbocycles. The van der Waals surface area contributed by atoms with Crippen LogP contribution in [0.5, 0.6) is 0 Å². The van der Waals surface area contributed by atoms with Gasteiger partial charge in [-0.1, -0.05) is 6.92 Å². The van der Waals surface area contributed by atoms with Gasteiger partial charge in [0.05, 0.1) is 23.0 Å². The van der Waals surface area contributed by atoms with Crippen molar-refractivity contribution in [1.82, 2.24) is 9.78 Å². The fraction of sp³-hybridized carbons (Fsp3) is 0.667. The van der Waals surface area contributed by atoms with E-state index in [1.807, 2.05) is 10.9 Å². The zero-order valence-electron chi connectivity index (χ0n) is 8.25. The lowest BCUT2D eigenvalue weighted by Crippen LogP contribution is -2.10. The molecule has 0 aliphatic carbocycles. The zero-order chi connectivity index (χ0) is 9.84. The maximum absolute atomic E-state index is 5.11. The van der Waals surface area contributed by atoms with Gasteiger partial charge in [-0.25, -0.2) is 0 Å². The smallest absolute Gasteiger partial charge is 0.0892 e. The van der Waals surface area contributed by atoms with Crippen molar-refractivity contribution >= 4 is 15.9 Å². The van der Waals surface area contributed by atoms with Gasteiger partial charge in [0, 0.05) is 13.2 Å². The standard InChI is InChI=1S/C9H15BrN2O/c1-4-7(2)12-9(6-13-3)8(10)5-11-12/h5,7H,4,6H2,1-3H3. The molecule has 0 radical (unpaired) electrons. The highest BCUT2D eigenvalue weighted by molar-refractivity contribution is 9.10. The van der Waals surface area contributed by atoms with Crippen molar-refractivity contribution in [2.24, 2.45) is 0 Å². The van der Waals surface area contributed by atoms with Gasteiger partial charge in [-0.2, -0.15) is 5.10 Å². The van der Waals surface area contributed by atoms with E-state index in [4.69, 9.17) is 4.74 Å². The minimum absolute atomic E-state index is 0.427. The first-order valence-electron chi connectivity index (χ1n) is 4.41. The number of methoxy groups -OCH3 is 1. The van der Waals surface area contributed by atoms with E-state index in [0.717, 1.165) is 16.6 Å². The van der Waals surface area contributed by atoms with Crippen LogP contribution in [0, 0.1) is 0 Å². The summed E-state index contributed by atoms with van der Waals surface area (Å²) in [7, 11) is 1.69. The molecule has 1 rings (SSSR count). The Hall–Kier alpha value is -0.350. The largest absolute Gasteiger partial charge is 0.378 e. The van der Waals surface area contributed by atoms with Gasteiger partial charge < -0.3 is 4.74 Å². The monoisotopic (exact) mass is 246 g/mol. The summed E-state index contributed by atoms with van der Waals surface area (Å²) in [6.07, 6.45) is 2.89. The molecule has 0 fully saturated rings. The summed E-state index contributed by atoms with van der Waals surface area (Å²) in [6, 6.07) is 0.427. The number of nitrogens with zero attached hydrogens (tertiary/aromatic N) is 2. The predicted molar refractivity (Wildman–Crippen MR) is 55.6 cm³/mol. The van der Waals surface area contributed by atoms with E-state index in [9.17, 15) is 0 Å². The van der Waals surface area contributed by atoms with Crippen molar-refractivity contribution in [2.45, 2.75) is 32.9 Å². The fourth-order valence-electron chi connectivity index (χ4n) is 1.19. The Morgan fingerprint density at radius 3 is 2.92 bits per heavy atom. The van der Waals surface area contributed by atoms with Crippen LogP contribution in [0.2, 0.25) is 0 Å². The van der Waals surface area contributed by atoms with E-state index in [1.165, 1.54) is 0 Å². The van der Waals surface area contributed by atoms with Gasteiger partial charge in [0.1, 0.15) is 0 Å². The predicted octanol–water partition coefficient (Wildman–Crippen LogP) is 2.76. The third kappa shape index (κ3) is 2.31. The molecular formula is C9H15BrN2O. The summed E-state index contributed by atoms with van der Waals surface area (Å²) >= 11 is 3.45. The Morgan fingerprint density at radius 2 is 2.38 bits per heavy atom. The molecule has 1 heterocycles. The first kappa shape index (κ1) is 10.7. The quantitative estimate of drug-likeness (QED) is 0.817. The topological polar surface area (TPSA) is 27.1 Å². The Bertz CT molecular complexity index is 273. The normalized spacial score (nSPS) is 13.2. The Morgan fingerprint density at radius 1 is 1.69 bits per heavy atom. The molecule has 1 aromatic heterocycles. The lowest BCUT2D eigenvalue weighted by molar-refractivity contribution is 0.173. The minimum atomic E-state index is 0.427. The second-order valence-corrected chi connectivity index (χ2v) is 3.93. The van der Waals surface area contributed by atoms with Gasteiger partial charge in [-0.15, -0.1) is 0 Å². The fourth-order valence-corrected chi connectivity index (χ4v) is 1.58. The maximum atomic E-state index is 5.11. The average molecular weight is 247 g/mol. The molecule has 4 heteroatoms. The molecular weight excluding hydrogens is 232 g/mol. The van der Waals surface area contributed by atoms with Crippen LogP contribution in [0.25, 0.3) is 0 Å². The highest BCUT2D eigenvalue weighted by atomic mass is 79.9. The SMILES string of the molecule is CCC(C)n1ncc(Br)c1COC. The highest BCUT2D eigenvalue weighted by Crippen LogP contribution is 2.21. The molecule has 0 N–H and O–H groups in total. The average Bonchev–Trinajstić information content (AvgIpc) is 2.48. The van der Waals surface area contributed by atoms with E-state index >= 15 is 0 Å². The van der Waals surface area contributed by atoms with Crippen LogP contribution in [-0.4, -0.2) is 16.9 Å². The van der Waals surface area contributed by atoms with Crippen LogP contribution >= 0.6 is 15.9 Å². The van der Waals surface area contributed by atoms with Crippen molar-refractivity contribution in [2.75, 3.05) is 7.11 Å². The summed E-state index contributed by atoms with van der Waals surface area (Å²) in [5.41, 5.74) is 1.11. The minimum Gasteiger partial charge on any atom is -0.378 e. The molecule has 74 valence electrons. The second kappa shape index (κ2) is 4.77. The molecule has 13 heavy (non-hydrogen) atoms. The molecule has 0 aliphatic rings. The third-order valence-corrected chi connectivity index (χ3v) is 2.80. The van der Waals surface area contributed by atoms with Crippen molar-refractivity contribution in [3.63, 3.8) is 0 Å². The number of rotatable bonds is 4. The Kier molecular flexibility index (Phi) is 3.93. The van der Waals surface area contributed by atoms with Crippen molar-refractivity contribution in [3.05, 3.63) is 16.4 Å². The highest BCUT2D eigenvalue weighted by Gasteiger charge is 2.11. The van der Waals surface area contributed by atoms with Gasteiger partial charge in [0.25, 0.3) is 0 Å². The second-order valence-electron chi connectivity index (χ2n) is 3.07. The number of halogens is 1. The third-order valence-electron chi connectivity index (χ3n) is 2.14. The number of hydrogen-bond donors (Lipinski definition) is 0. The van der Waals surface area contributed by atoms with Gasteiger partial charge in [-0.3, -0.25) is 4.68 Å². The van der Waals surface area contributed by atoms with Crippen LogP contribution < -0.4 is 0 Å². The summed E-state index contributed by atoms with van der Waals surface area (Å²) < 4.78 is 8.14. The molecule has 0 amide bonds. The first-order valence-corrected chi connectivity index (χ1v) is 5.20. The zero-order valence-corrected chi connectivity index (χ0v) is 9.84. The summed E-state index contributed by atoms with van der Waals surface area (Å²) in [5, 5.41) is 4.29. The molecule has 1 aromatic rings. The van der Waals surface area contributed by atoms with Crippen molar-refractivity contribution in [3.8, 4) is 0 Å². The summed E-state index contributed by atoms with van der Waals surface area (Å²) in [4.78, 5) is 0. The van der Waals surface area contributed by atoms with Gasteiger partial charge in [0.15, 0.2) is 0 Å². The van der Waals surface area contributed by atoms with E-state index in [1.54, 1.807) is 7.11 Å². The van der Waals surface area contributed by atoms with E-state index in [-0.39, 0.29) is 0 Å². The molecule has 0 bridgehead atoms. The lowest BCUT2D eigenvalue weighted by Gasteiger charge is -2.13.